The minimum absolute atomic E-state index is 0.00967. The topological polar surface area (TPSA) is 57.1 Å². The Morgan fingerprint density at radius 1 is 0.750 bits per heavy atom. The van der Waals surface area contributed by atoms with E-state index in [-0.39, 0.29) is 74.5 Å². The minimum Gasteiger partial charge on any atom is -0.461 e. The highest BCUT2D eigenvalue weighted by Crippen LogP contribution is 2.49. The average Bonchev–Trinajstić information content (AvgIpc) is 3.83. The molecule has 0 saturated carbocycles. The molecule has 406 valence electrons. The predicted octanol–water partition coefficient (Wildman–Crippen LogP) is 15.9. The number of nitrogens with zero attached hydrogens (tertiary/aromatic N) is 6. The van der Waals surface area contributed by atoms with Gasteiger partial charge < -0.3 is 9.64 Å². The highest BCUT2D eigenvalue weighted by molar-refractivity contribution is 6.90. The summed E-state index contributed by atoms with van der Waals surface area (Å²) in [6, 6.07) is 46.7. The predicted molar refractivity (Wildman–Crippen MR) is 322 cm³/mol. The Kier molecular flexibility index (Phi) is 14.0. The smallest absolute Gasteiger partial charge is 0.319 e. The van der Waals surface area contributed by atoms with E-state index in [1.807, 2.05) is 72.8 Å². The first kappa shape index (κ1) is 53.3. The molecule has 3 atom stereocenters. The third kappa shape index (κ3) is 9.04. The highest BCUT2D eigenvalue weighted by atomic mass is 28.3. The third-order valence-corrected chi connectivity index (χ3v) is 24.5. The van der Waals surface area contributed by atoms with Crippen LogP contribution >= 0.6 is 0 Å². The van der Waals surface area contributed by atoms with Gasteiger partial charge in [0, 0.05) is 59.2 Å². The van der Waals surface area contributed by atoms with Crippen molar-refractivity contribution in [2.75, 3.05) is 31.1 Å². The van der Waals surface area contributed by atoms with Gasteiger partial charge in [-0.1, -0.05) is 181 Å². The number of piperazine rings is 1. The van der Waals surface area contributed by atoms with Crippen LogP contribution in [0, 0.1) is 28.9 Å². The fraction of sp³-hybridized carbons (Fsp3) is 0.319. The number of fused-ring (bicyclic) bond motifs is 7. The van der Waals surface area contributed by atoms with Crippen molar-refractivity contribution in [3.05, 3.63) is 209 Å². The van der Waals surface area contributed by atoms with E-state index >= 15 is 13.2 Å². The number of hydrogen-bond donors (Lipinski definition) is 0. The van der Waals surface area contributed by atoms with E-state index in [1.165, 1.54) is 28.8 Å². The molecule has 2 bridgehead atoms. The summed E-state index contributed by atoms with van der Waals surface area (Å²) in [5.74, 6) is 1.48. The molecule has 80 heavy (non-hydrogen) atoms. The zero-order valence-corrected chi connectivity index (χ0v) is 48.1. The molecular formula is C69H69F3N6OSi. The molecule has 11 heteroatoms. The Bertz CT molecular complexity index is 3720. The summed E-state index contributed by atoms with van der Waals surface area (Å²) in [7, 11) is -2.44. The monoisotopic (exact) mass is 1080 g/mol. The first-order chi connectivity index (χ1) is 38.6. The Morgan fingerprint density at radius 3 is 2.02 bits per heavy atom. The van der Waals surface area contributed by atoms with Gasteiger partial charge in [-0.05, 0) is 102 Å². The molecule has 0 aliphatic carbocycles. The summed E-state index contributed by atoms with van der Waals surface area (Å²) in [6.07, 6.45) is 6.40. The maximum Gasteiger partial charge on any atom is 0.319 e. The van der Waals surface area contributed by atoms with Gasteiger partial charge in [0.25, 0.3) is 0 Å². The molecule has 8 aromatic rings. The SMILES string of the molecule is CC(C)[Si](C#Cc1c(F)ccc2cc(N=C(c3ccccc3)c3ccccc3)cc(-c3c(F)cc4c(N5CC6C=CC(C5)N6C(C)(C)c5ccccc5)nc(OCC56CCCN5Cc5ccccc56)nc4c3F)c12)(C(C)C)C(C)C. The van der Waals surface area contributed by atoms with Crippen LogP contribution < -0.4 is 9.64 Å². The van der Waals surface area contributed by atoms with Crippen molar-refractivity contribution in [2.45, 2.75) is 115 Å². The summed E-state index contributed by atoms with van der Waals surface area (Å²) in [5.41, 5.74) is 10.1. The van der Waals surface area contributed by atoms with Crippen molar-refractivity contribution in [3.63, 3.8) is 0 Å². The maximum atomic E-state index is 18.9. The summed E-state index contributed by atoms with van der Waals surface area (Å²) in [5, 5.41) is 1.07. The van der Waals surface area contributed by atoms with Crippen LogP contribution in [-0.4, -0.2) is 71.9 Å². The number of benzene rings is 7. The quantitative estimate of drug-likeness (QED) is 0.0496. The van der Waals surface area contributed by atoms with Gasteiger partial charge >= 0.3 is 6.01 Å². The van der Waals surface area contributed by atoms with Crippen LogP contribution in [0.3, 0.4) is 0 Å². The number of hydrogen-bond acceptors (Lipinski definition) is 7. The van der Waals surface area contributed by atoms with E-state index in [9.17, 15) is 0 Å². The summed E-state index contributed by atoms with van der Waals surface area (Å²) in [4.78, 5) is 22.6. The Hall–Kier alpha value is -7.36. The maximum absolute atomic E-state index is 18.9. The van der Waals surface area contributed by atoms with Crippen LogP contribution in [-0.2, 0) is 17.6 Å². The van der Waals surface area contributed by atoms with E-state index in [2.05, 4.69) is 142 Å². The number of aromatic nitrogens is 2. The molecule has 0 amide bonds. The molecule has 2 saturated heterocycles. The van der Waals surface area contributed by atoms with Crippen molar-refractivity contribution < 1.29 is 17.9 Å². The molecule has 5 heterocycles. The van der Waals surface area contributed by atoms with Crippen LogP contribution in [0.15, 0.2) is 163 Å². The van der Waals surface area contributed by atoms with Crippen molar-refractivity contribution in [1.29, 1.82) is 0 Å². The second kappa shape index (κ2) is 20.9. The molecule has 0 N–H and O–H groups in total. The normalized spacial score (nSPS) is 19.1. The van der Waals surface area contributed by atoms with E-state index in [0.29, 0.717) is 41.1 Å². The van der Waals surface area contributed by atoms with Crippen LogP contribution in [0.25, 0.3) is 32.8 Å². The molecular weight excluding hydrogens is 1010 g/mol. The number of ether oxygens (including phenoxy) is 1. The lowest BCUT2D eigenvalue weighted by molar-refractivity contribution is 0.0589. The Balaban J connectivity index is 1.07. The van der Waals surface area contributed by atoms with Crippen molar-refractivity contribution in [1.82, 2.24) is 19.8 Å². The number of anilines is 1. The number of aliphatic imine (C=N–C) groups is 1. The largest absolute Gasteiger partial charge is 0.461 e. The molecule has 7 aromatic carbocycles. The fourth-order valence-electron chi connectivity index (χ4n) is 14.5. The van der Waals surface area contributed by atoms with E-state index in [4.69, 9.17) is 19.7 Å². The van der Waals surface area contributed by atoms with Gasteiger partial charge in [0.1, 0.15) is 37.6 Å². The second-order valence-electron chi connectivity index (χ2n) is 23.9. The van der Waals surface area contributed by atoms with Crippen molar-refractivity contribution in [3.8, 4) is 28.6 Å². The fourth-order valence-corrected chi connectivity index (χ4v) is 19.7. The highest BCUT2D eigenvalue weighted by Gasteiger charge is 2.50. The van der Waals surface area contributed by atoms with E-state index in [1.54, 1.807) is 12.1 Å². The summed E-state index contributed by atoms with van der Waals surface area (Å²) >= 11 is 0. The van der Waals surface area contributed by atoms with Gasteiger partial charge in [0.15, 0.2) is 5.82 Å². The van der Waals surface area contributed by atoms with Gasteiger partial charge in [0.2, 0.25) is 0 Å². The molecule has 0 spiro atoms. The zero-order valence-electron chi connectivity index (χ0n) is 47.1. The Labute approximate surface area is 470 Å². The lowest BCUT2D eigenvalue weighted by Gasteiger charge is -2.50. The van der Waals surface area contributed by atoms with Crippen LogP contribution in [0.2, 0.25) is 16.6 Å². The first-order valence-corrected chi connectivity index (χ1v) is 30.7. The lowest BCUT2D eigenvalue weighted by atomic mass is 9.89. The zero-order chi connectivity index (χ0) is 55.7. The van der Waals surface area contributed by atoms with Gasteiger partial charge in [-0.3, -0.25) is 9.80 Å². The molecule has 12 rings (SSSR count). The molecule has 0 radical (unpaired) electrons. The van der Waals surface area contributed by atoms with Crippen molar-refractivity contribution >= 4 is 47.0 Å². The summed E-state index contributed by atoms with van der Waals surface area (Å²) in [6.45, 7) is 20.8. The number of halogens is 3. The number of rotatable bonds is 13. The van der Waals surface area contributed by atoms with Crippen LogP contribution in [0.4, 0.5) is 24.7 Å². The van der Waals surface area contributed by atoms with E-state index < -0.39 is 31.1 Å². The first-order valence-electron chi connectivity index (χ1n) is 28.5. The van der Waals surface area contributed by atoms with Crippen molar-refractivity contribution in [2.24, 2.45) is 4.99 Å². The lowest BCUT2D eigenvalue weighted by Crippen LogP contribution is -2.60. The molecule has 2 fully saturated rings. The van der Waals surface area contributed by atoms with Gasteiger partial charge in [-0.2, -0.15) is 9.97 Å². The molecule has 7 nitrogen and oxygen atoms in total. The van der Waals surface area contributed by atoms with Gasteiger partial charge in [0.05, 0.1) is 28.1 Å². The van der Waals surface area contributed by atoms with Gasteiger partial charge in [-0.25, -0.2) is 18.2 Å². The third-order valence-electron chi connectivity index (χ3n) is 18.2. The minimum atomic E-state index is -2.44. The van der Waals surface area contributed by atoms with Crippen LogP contribution in [0.5, 0.6) is 6.01 Å². The second-order valence-corrected chi connectivity index (χ2v) is 29.5. The van der Waals surface area contributed by atoms with Crippen LogP contribution in [0.1, 0.15) is 102 Å². The molecule has 4 aliphatic rings. The standard InChI is InChI=1S/C69H69F3N6OSi/c1-44(2)80(45(3)4,46(5)6)36-33-55-59(70)32-29-49-37-52(73-64(47-21-12-9-13-22-47)48-23-14-10-15-24-48)38-56(61(49)55)62-60(71)39-57-65(63(62)72)74-67(79-43-69-34-20-35-77(69)40-50-25-18-19-28-58(50)69)75-66(57)76-41-53-30-31-54(42-76)78(53)68(7,8)51-26-16-11-17-27-51/h9-19,21-32,37-39,44-46,53-54H,20,34-35,40-43H2,1-8H3. The molecule has 4 aliphatic heterocycles. The summed E-state index contributed by atoms with van der Waals surface area (Å²) < 4.78 is 60.9. The molecule has 1 aromatic heterocycles. The average molecular weight is 1080 g/mol. The molecule has 3 unspecified atom stereocenters. The van der Waals surface area contributed by atoms with Gasteiger partial charge in [-0.15, -0.1) is 5.54 Å². The Morgan fingerprint density at radius 2 is 1.38 bits per heavy atom. The van der Waals surface area contributed by atoms with E-state index in [0.717, 1.165) is 37.1 Å².